The van der Waals surface area contributed by atoms with Crippen LogP contribution in [0.25, 0.3) is 22.0 Å². The number of aromatic nitrogens is 1. The van der Waals surface area contributed by atoms with Gasteiger partial charge >= 0.3 is 6.18 Å². The fourth-order valence-electron chi connectivity index (χ4n) is 2.59. The minimum Gasteiger partial charge on any atom is -0.370 e. The van der Waals surface area contributed by atoms with Gasteiger partial charge in [-0.1, -0.05) is 35.9 Å². The summed E-state index contributed by atoms with van der Waals surface area (Å²) < 4.78 is 38.5. The predicted molar refractivity (Wildman–Crippen MR) is 97.3 cm³/mol. The lowest BCUT2D eigenvalue weighted by molar-refractivity contribution is -0.137. The number of hydrogen-bond donors (Lipinski definition) is 2. The van der Waals surface area contributed by atoms with E-state index >= 15 is 0 Å². The van der Waals surface area contributed by atoms with Gasteiger partial charge in [0.1, 0.15) is 0 Å². The van der Waals surface area contributed by atoms with Crippen LogP contribution in [0.3, 0.4) is 0 Å². The fourth-order valence-corrected chi connectivity index (χ4v) is 2.85. The van der Waals surface area contributed by atoms with Crippen LogP contribution in [0.1, 0.15) is 15.9 Å². The molecule has 0 aliphatic heterocycles. The molecule has 0 bridgehead atoms. The van der Waals surface area contributed by atoms with Crippen molar-refractivity contribution in [3.8, 4) is 11.3 Å². The number of amides is 1. The number of guanidine groups is 1. The van der Waals surface area contributed by atoms with E-state index in [-0.39, 0.29) is 22.2 Å². The standard InChI is InChI=1S/C18H12ClF3N4O/c19-14-7-11(18(20,21)22)8-25-15(14)12-3-1-2-9-4-5-10(6-13(9)12)16(27)26-17(23)24/h1-8H,(H4,23,24,26,27). The maximum absolute atomic E-state index is 12.8. The molecule has 0 atom stereocenters. The number of pyridine rings is 1. The van der Waals surface area contributed by atoms with Gasteiger partial charge in [0.15, 0.2) is 5.96 Å². The zero-order valence-corrected chi connectivity index (χ0v) is 14.3. The minimum atomic E-state index is -4.55. The third-order valence-electron chi connectivity index (χ3n) is 3.78. The quantitative estimate of drug-likeness (QED) is 0.509. The van der Waals surface area contributed by atoms with Crippen LogP contribution >= 0.6 is 11.6 Å². The normalized spacial score (nSPS) is 11.4. The highest BCUT2D eigenvalue weighted by atomic mass is 35.5. The predicted octanol–water partition coefficient (Wildman–Crippen LogP) is 3.99. The first-order valence-corrected chi connectivity index (χ1v) is 7.94. The van der Waals surface area contributed by atoms with Crippen molar-refractivity contribution in [3.05, 3.63) is 64.8 Å². The first-order valence-electron chi connectivity index (χ1n) is 7.56. The maximum atomic E-state index is 12.8. The molecule has 2 aromatic carbocycles. The summed E-state index contributed by atoms with van der Waals surface area (Å²) in [6.45, 7) is 0. The number of hydrogen-bond acceptors (Lipinski definition) is 2. The van der Waals surface area contributed by atoms with E-state index in [1.807, 2.05) is 0 Å². The zero-order chi connectivity index (χ0) is 19.8. The summed E-state index contributed by atoms with van der Waals surface area (Å²) in [6.07, 6.45) is -3.83. The first-order chi connectivity index (χ1) is 12.7. The Bertz CT molecular complexity index is 1080. The summed E-state index contributed by atoms with van der Waals surface area (Å²) >= 11 is 6.06. The Balaban J connectivity index is 2.17. The van der Waals surface area contributed by atoms with Gasteiger partial charge < -0.3 is 11.5 Å². The van der Waals surface area contributed by atoms with E-state index in [1.165, 1.54) is 6.07 Å². The van der Waals surface area contributed by atoms with Crippen LogP contribution in [0, 0.1) is 0 Å². The molecule has 0 aliphatic rings. The Morgan fingerprint density at radius 2 is 1.85 bits per heavy atom. The number of alkyl halides is 3. The van der Waals surface area contributed by atoms with Gasteiger partial charge in [0.25, 0.3) is 5.91 Å². The van der Waals surface area contributed by atoms with E-state index in [0.29, 0.717) is 17.1 Å². The molecular formula is C18H12ClF3N4O. The average Bonchev–Trinajstić information content (AvgIpc) is 2.59. The first kappa shape index (κ1) is 18.7. The number of nitrogens with two attached hydrogens (primary N) is 2. The highest BCUT2D eigenvalue weighted by molar-refractivity contribution is 6.33. The van der Waals surface area contributed by atoms with Gasteiger partial charge in [0, 0.05) is 17.3 Å². The molecule has 5 nitrogen and oxygen atoms in total. The molecule has 0 saturated carbocycles. The Morgan fingerprint density at radius 3 is 2.48 bits per heavy atom. The van der Waals surface area contributed by atoms with E-state index in [2.05, 4.69) is 9.98 Å². The molecule has 0 fully saturated rings. The molecule has 0 radical (unpaired) electrons. The van der Waals surface area contributed by atoms with Crippen LogP contribution in [0.4, 0.5) is 13.2 Å². The Morgan fingerprint density at radius 1 is 1.11 bits per heavy atom. The molecule has 3 rings (SSSR count). The molecule has 3 aromatic rings. The molecule has 0 saturated heterocycles. The van der Waals surface area contributed by atoms with Gasteiger partial charge in [-0.15, -0.1) is 0 Å². The largest absolute Gasteiger partial charge is 0.417 e. The molecule has 0 spiro atoms. The molecule has 9 heteroatoms. The topological polar surface area (TPSA) is 94.4 Å². The number of rotatable bonds is 2. The summed E-state index contributed by atoms with van der Waals surface area (Å²) in [5.74, 6) is -1.01. The van der Waals surface area contributed by atoms with Crippen molar-refractivity contribution in [1.82, 2.24) is 4.98 Å². The Kier molecular flexibility index (Phi) is 4.75. The van der Waals surface area contributed by atoms with Crippen LogP contribution < -0.4 is 11.5 Å². The van der Waals surface area contributed by atoms with Gasteiger partial charge in [0.05, 0.1) is 16.3 Å². The second-order valence-corrected chi connectivity index (χ2v) is 6.04. The minimum absolute atomic E-state index is 0.154. The Labute approximate surface area is 156 Å². The molecule has 27 heavy (non-hydrogen) atoms. The second-order valence-electron chi connectivity index (χ2n) is 5.64. The fraction of sp³-hybridized carbons (Fsp3) is 0.0556. The summed E-state index contributed by atoms with van der Waals surface area (Å²) in [5.41, 5.74) is 10.4. The lowest BCUT2D eigenvalue weighted by Crippen LogP contribution is -2.24. The van der Waals surface area contributed by atoms with Gasteiger partial charge in [0.2, 0.25) is 0 Å². The zero-order valence-electron chi connectivity index (χ0n) is 13.6. The molecule has 0 aliphatic carbocycles. The highest BCUT2D eigenvalue weighted by Crippen LogP contribution is 2.36. The molecule has 1 heterocycles. The number of benzene rings is 2. The van der Waals surface area contributed by atoms with Crippen LogP contribution in [0.2, 0.25) is 5.02 Å². The Hall–Kier alpha value is -3.13. The smallest absolute Gasteiger partial charge is 0.370 e. The number of nitrogens with zero attached hydrogens (tertiary/aromatic N) is 2. The number of carbonyl (C=O) groups excluding carboxylic acids is 1. The third-order valence-corrected chi connectivity index (χ3v) is 4.07. The summed E-state index contributed by atoms with van der Waals surface area (Å²) in [6, 6.07) is 10.7. The van der Waals surface area contributed by atoms with Crippen LogP contribution in [0.15, 0.2) is 53.7 Å². The van der Waals surface area contributed by atoms with Crippen LogP contribution in [0.5, 0.6) is 0 Å². The van der Waals surface area contributed by atoms with E-state index < -0.39 is 17.6 Å². The van der Waals surface area contributed by atoms with Crippen molar-refractivity contribution in [3.63, 3.8) is 0 Å². The van der Waals surface area contributed by atoms with Gasteiger partial charge in [-0.2, -0.15) is 18.2 Å². The van der Waals surface area contributed by atoms with E-state index in [9.17, 15) is 18.0 Å². The molecular weight excluding hydrogens is 381 g/mol. The SMILES string of the molecule is NC(N)=NC(=O)c1ccc2cccc(-c3ncc(C(F)(F)F)cc3Cl)c2c1. The van der Waals surface area contributed by atoms with Crippen molar-refractivity contribution in [2.24, 2.45) is 16.5 Å². The second kappa shape index (κ2) is 6.88. The molecule has 4 N–H and O–H groups in total. The third kappa shape index (κ3) is 3.85. The van der Waals surface area contributed by atoms with Gasteiger partial charge in [-0.05, 0) is 29.0 Å². The summed E-state index contributed by atoms with van der Waals surface area (Å²) in [4.78, 5) is 19.4. The molecule has 138 valence electrons. The van der Waals surface area contributed by atoms with Crippen LogP contribution in [-0.4, -0.2) is 16.9 Å². The van der Waals surface area contributed by atoms with Crippen molar-refractivity contribution in [1.29, 1.82) is 0 Å². The van der Waals surface area contributed by atoms with Crippen molar-refractivity contribution in [2.75, 3.05) is 0 Å². The number of fused-ring (bicyclic) bond motifs is 1. The van der Waals surface area contributed by atoms with E-state index in [4.69, 9.17) is 23.1 Å². The monoisotopic (exact) mass is 392 g/mol. The van der Waals surface area contributed by atoms with Crippen molar-refractivity contribution < 1.29 is 18.0 Å². The molecule has 1 aromatic heterocycles. The maximum Gasteiger partial charge on any atom is 0.417 e. The summed E-state index contributed by atoms with van der Waals surface area (Å²) in [5, 5.41) is 1.16. The van der Waals surface area contributed by atoms with Crippen LogP contribution in [-0.2, 0) is 6.18 Å². The molecule has 1 amide bonds. The lowest BCUT2D eigenvalue weighted by atomic mass is 9.99. The highest BCUT2D eigenvalue weighted by Gasteiger charge is 2.31. The van der Waals surface area contributed by atoms with E-state index in [0.717, 1.165) is 11.5 Å². The average molecular weight is 393 g/mol. The number of halogens is 4. The van der Waals surface area contributed by atoms with Crippen molar-refractivity contribution in [2.45, 2.75) is 6.18 Å². The number of aliphatic imine (C=N–C) groups is 1. The number of carbonyl (C=O) groups is 1. The van der Waals surface area contributed by atoms with Crippen molar-refractivity contribution >= 4 is 34.2 Å². The lowest BCUT2D eigenvalue weighted by Gasteiger charge is -2.11. The van der Waals surface area contributed by atoms with E-state index in [1.54, 1.807) is 30.3 Å². The van der Waals surface area contributed by atoms with Gasteiger partial charge in [-0.3, -0.25) is 9.78 Å². The summed E-state index contributed by atoms with van der Waals surface area (Å²) in [7, 11) is 0. The van der Waals surface area contributed by atoms with Gasteiger partial charge in [-0.25, -0.2) is 0 Å². The molecule has 0 unspecified atom stereocenters.